The lowest BCUT2D eigenvalue weighted by molar-refractivity contribution is 0.601. The van der Waals surface area contributed by atoms with Crippen LogP contribution < -0.4 is 0 Å². The molecule has 0 aromatic carbocycles. The minimum atomic E-state index is 0.961. The van der Waals surface area contributed by atoms with E-state index in [1.807, 2.05) is 0 Å². The van der Waals surface area contributed by atoms with Crippen molar-refractivity contribution in [3.63, 3.8) is 0 Å². The number of hydrogen-bond acceptors (Lipinski definition) is 1. The normalized spacial score (nSPS) is 10.9. The van der Waals surface area contributed by atoms with Gasteiger partial charge < -0.3 is 0 Å². The van der Waals surface area contributed by atoms with Gasteiger partial charge in [0, 0.05) is 11.9 Å². The molecule has 0 N–H and O–H groups in total. The minimum Gasteiger partial charge on any atom is -0.268 e. The van der Waals surface area contributed by atoms with Crippen molar-refractivity contribution in [1.82, 2.24) is 9.78 Å². The average Bonchev–Trinajstić information content (AvgIpc) is 2.56. The van der Waals surface area contributed by atoms with Crippen molar-refractivity contribution in [3.8, 4) is 0 Å². The summed E-state index contributed by atoms with van der Waals surface area (Å²) in [7, 11) is 0. The molecule has 0 spiro atoms. The molecular weight excluding hydrogens is 320 g/mol. The summed E-state index contributed by atoms with van der Waals surface area (Å²) in [5, 5.41) is 5.67. The Morgan fingerprint density at radius 2 is 2.00 bits per heavy atom. The van der Waals surface area contributed by atoms with Gasteiger partial charge in [-0.05, 0) is 48.5 Å². The first-order valence-electron chi connectivity index (χ1n) is 5.54. The van der Waals surface area contributed by atoms with Crippen molar-refractivity contribution in [2.75, 3.05) is 5.33 Å². The molecule has 1 rings (SSSR count). The van der Waals surface area contributed by atoms with E-state index in [-0.39, 0.29) is 0 Å². The Kier molecular flexibility index (Phi) is 5.90. The van der Waals surface area contributed by atoms with E-state index < -0.39 is 0 Å². The number of unbranched alkanes of at least 4 members (excludes halogenated alkanes) is 1. The number of hydrogen-bond donors (Lipinski definition) is 0. The van der Waals surface area contributed by atoms with Gasteiger partial charge >= 0.3 is 0 Å². The predicted octanol–water partition coefficient (Wildman–Crippen LogP) is 3.95. The zero-order valence-electron chi connectivity index (χ0n) is 9.39. The lowest BCUT2D eigenvalue weighted by Crippen LogP contribution is -2.03. The van der Waals surface area contributed by atoms with Gasteiger partial charge in [-0.2, -0.15) is 5.10 Å². The van der Waals surface area contributed by atoms with E-state index in [1.165, 1.54) is 28.7 Å². The van der Waals surface area contributed by atoms with E-state index in [2.05, 4.69) is 55.5 Å². The zero-order chi connectivity index (χ0) is 11.3. The maximum absolute atomic E-state index is 4.58. The maximum Gasteiger partial charge on any atom is 0.0766 e. The number of nitrogens with zero attached hydrogens (tertiary/aromatic N) is 2. The lowest BCUT2D eigenvalue weighted by Gasteiger charge is -2.04. The topological polar surface area (TPSA) is 17.8 Å². The molecule has 0 aliphatic carbocycles. The summed E-state index contributed by atoms with van der Waals surface area (Å²) in [6, 6.07) is 0. The van der Waals surface area contributed by atoms with Crippen molar-refractivity contribution in [2.24, 2.45) is 0 Å². The van der Waals surface area contributed by atoms with Crippen LogP contribution in [0.1, 0.15) is 38.1 Å². The smallest absolute Gasteiger partial charge is 0.0766 e. The van der Waals surface area contributed by atoms with Crippen molar-refractivity contribution < 1.29 is 0 Å². The van der Waals surface area contributed by atoms with Crippen LogP contribution in [0.3, 0.4) is 0 Å². The van der Waals surface area contributed by atoms with Gasteiger partial charge in [0.25, 0.3) is 0 Å². The standard InChI is InChI=1S/C11H18Br2N2/c1-3-9-11(13)10(7-5-6-8-12)15(4-2)14-9/h3-8H2,1-2H3. The molecule has 0 atom stereocenters. The summed E-state index contributed by atoms with van der Waals surface area (Å²) in [6.45, 7) is 5.25. The van der Waals surface area contributed by atoms with E-state index in [4.69, 9.17) is 0 Å². The fraction of sp³-hybridized carbons (Fsp3) is 0.727. The molecule has 0 bridgehead atoms. The van der Waals surface area contributed by atoms with Crippen LogP contribution in [0.4, 0.5) is 0 Å². The second kappa shape index (κ2) is 6.69. The molecule has 1 aromatic rings. The lowest BCUT2D eigenvalue weighted by atomic mass is 10.2. The Balaban J connectivity index is 2.78. The van der Waals surface area contributed by atoms with Crippen molar-refractivity contribution >= 4 is 31.9 Å². The van der Waals surface area contributed by atoms with Crippen molar-refractivity contribution in [1.29, 1.82) is 0 Å². The molecule has 1 heterocycles. The molecule has 2 nitrogen and oxygen atoms in total. The van der Waals surface area contributed by atoms with Gasteiger partial charge in [0.15, 0.2) is 0 Å². The van der Waals surface area contributed by atoms with Gasteiger partial charge in [-0.3, -0.25) is 4.68 Å². The van der Waals surface area contributed by atoms with Gasteiger partial charge in [0.05, 0.1) is 15.9 Å². The van der Waals surface area contributed by atoms with Crippen LogP contribution in [0.5, 0.6) is 0 Å². The number of alkyl halides is 1. The molecule has 0 fully saturated rings. The Morgan fingerprint density at radius 3 is 2.53 bits per heavy atom. The summed E-state index contributed by atoms with van der Waals surface area (Å²) in [4.78, 5) is 0. The monoisotopic (exact) mass is 336 g/mol. The van der Waals surface area contributed by atoms with E-state index in [0.717, 1.165) is 24.7 Å². The molecule has 0 saturated heterocycles. The highest BCUT2D eigenvalue weighted by atomic mass is 79.9. The first-order valence-corrected chi connectivity index (χ1v) is 7.46. The Hall–Kier alpha value is 0.170. The highest BCUT2D eigenvalue weighted by Gasteiger charge is 2.12. The molecule has 0 aliphatic rings. The molecule has 4 heteroatoms. The SMILES string of the molecule is CCc1nn(CC)c(CCCCBr)c1Br. The van der Waals surface area contributed by atoms with E-state index in [1.54, 1.807) is 0 Å². The Bertz CT molecular complexity index is 308. The molecule has 0 unspecified atom stereocenters. The van der Waals surface area contributed by atoms with Crippen LogP contribution in [-0.2, 0) is 19.4 Å². The Labute approximate surface area is 109 Å². The van der Waals surface area contributed by atoms with Gasteiger partial charge in [-0.15, -0.1) is 0 Å². The second-order valence-electron chi connectivity index (χ2n) is 3.52. The molecule has 0 aliphatic heterocycles. The quantitative estimate of drug-likeness (QED) is 0.567. The van der Waals surface area contributed by atoms with Gasteiger partial charge in [0.2, 0.25) is 0 Å². The number of aryl methyl sites for hydroxylation is 2. The fourth-order valence-electron chi connectivity index (χ4n) is 1.64. The summed E-state index contributed by atoms with van der Waals surface area (Å²) in [5.41, 5.74) is 2.54. The van der Waals surface area contributed by atoms with E-state index >= 15 is 0 Å². The van der Waals surface area contributed by atoms with Gasteiger partial charge in [0.1, 0.15) is 0 Å². The first kappa shape index (κ1) is 13.2. The zero-order valence-corrected chi connectivity index (χ0v) is 12.6. The number of rotatable bonds is 6. The van der Waals surface area contributed by atoms with Crippen molar-refractivity contribution in [2.45, 2.75) is 46.1 Å². The van der Waals surface area contributed by atoms with E-state index in [9.17, 15) is 0 Å². The third-order valence-corrected chi connectivity index (χ3v) is 3.97. The average molecular weight is 338 g/mol. The maximum atomic E-state index is 4.58. The summed E-state index contributed by atoms with van der Waals surface area (Å²) in [5.74, 6) is 0. The minimum absolute atomic E-state index is 0.961. The molecule has 0 radical (unpaired) electrons. The Morgan fingerprint density at radius 1 is 1.27 bits per heavy atom. The molecule has 1 aromatic heterocycles. The molecule has 15 heavy (non-hydrogen) atoms. The number of halogens is 2. The second-order valence-corrected chi connectivity index (χ2v) is 5.11. The molecule has 0 saturated carbocycles. The third-order valence-electron chi connectivity index (χ3n) is 2.49. The largest absolute Gasteiger partial charge is 0.268 e. The first-order chi connectivity index (χ1) is 7.24. The van der Waals surface area contributed by atoms with E-state index in [0.29, 0.717) is 0 Å². The van der Waals surface area contributed by atoms with Crippen LogP contribution in [0.15, 0.2) is 4.47 Å². The summed E-state index contributed by atoms with van der Waals surface area (Å²) < 4.78 is 3.35. The molecule has 0 amide bonds. The van der Waals surface area contributed by atoms with Crippen LogP contribution in [0.25, 0.3) is 0 Å². The molecular formula is C11H18Br2N2. The van der Waals surface area contributed by atoms with Crippen LogP contribution >= 0.6 is 31.9 Å². The van der Waals surface area contributed by atoms with Crippen LogP contribution in [0, 0.1) is 0 Å². The predicted molar refractivity (Wildman–Crippen MR) is 71.7 cm³/mol. The summed E-state index contributed by atoms with van der Waals surface area (Å²) >= 11 is 7.12. The van der Waals surface area contributed by atoms with Gasteiger partial charge in [-0.25, -0.2) is 0 Å². The fourth-order valence-corrected chi connectivity index (χ4v) is 2.80. The highest BCUT2D eigenvalue weighted by Crippen LogP contribution is 2.23. The van der Waals surface area contributed by atoms with Gasteiger partial charge in [-0.1, -0.05) is 22.9 Å². The third kappa shape index (κ3) is 3.31. The van der Waals surface area contributed by atoms with Crippen LogP contribution in [0.2, 0.25) is 0 Å². The highest BCUT2D eigenvalue weighted by molar-refractivity contribution is 9.10. The molecule has 86 valence electrons. The number of aromatic nitrogens is 2. The summed E-state index contributed by atoms with van der Waals surface area (Å²) in [6.07, 6.45) is 4.56. The van der Waals surface area contributed by atoms with Crippen LogP contribution in [-0.4, -0.2) is 15.1 Å². The van der Waals surface area contributed by atoms with Crippen molar-refractivity contribution in [3.05, 3.63) is 15.9 Å².